The molecule has 1 aliphatic carbocycles. The molecule has 4 nitrogen and oxygen atoms in total. The third-order valence-corrected chi connectivity index (χ3v) is 3.60. The van der Waals surface area contributed by atoms with Crippen LogP contribution < -0.4 is 4.74 Å². The Balaban J connectivity index is 2.29. The molecule has 1 atom stereocenters. The molecule has 0 heterocycles. The van der Waals surface area contributed by atoms with Crippen LogP contribution in [0.2, 0.25) is 0 Å². The lowest BCUT2D eigenvalue weighted by molar-refractivity contribution is -0.138. The van der Waals surface area contributed by atoms with Gasteiger partial charge >= 0.3 is 5.97 Å². The summed E-state index contributed by atoms with van der Waals surface area (Å²) in [6.45, 7) is 0. The topological polar surface area (TPSA) is 66.8 Å². The summed E-state index contributed by atoms with van der Waals surface area (Å²) in [5, 5.41) is 19.4. The van der Waals surface area contributed by atoms with E-state index in [1.807, 2.05) is 18.2 Å². The molecular formula is C14H18O4. The molecule has 1 aliphatic rings. The Labute approximate surface area is 106 Å². The van der Waals surface area contributed by atoms with Gasteiger partial charge in [-0.15, -0.1) is 0 Å². The van der Waals surface area contributed by atoms with E-state index in [1.54, 1.807) is 7.11 Å². The lowest BCUT2D eigenvalue weighted by atomic mass is 9.76. The van der Waals surface area contributed by atoms with Crippen LogP contribution >= 0.6 is 0 Å². The highest BCUT2D eigenvalue weighted by atomic mass is 16.5. The summed E-state index contributed by atoms with van der Waals surface area (Å²) < 4.78 is 5.17. The summed E-state index contributed by atoms with van der Waals surface area (Å²) in [5.41, 5.74) is 0.919. The monoisotopic (exact) mass is 250 g/mol. The number of aryl methyl sites for hydroxylation is 1. The van der Waals surface area contributed by atoms with E-state index in [9.17, 15) is 9.90 Å². The zero-order valence-electron chi connectivity index (χ0n) is 10.5. The van der Waals surface area contributed by atoms with Crippen LogP contribution in [0.1, 0.15) is 36.8 Å². The maximum Gasteiger partial charge on any atom is 0.303 e. The van der Waals surface area contributed by atoms with Crippen molar-refractivity contribution in [2.24, 2.45) is 0 Å². The predicted molar refractivity (Wildman–Crippen MR) is 66.7 cm³/mol. The molecular weight excluding hydrogens is 232 g/mol. The first kappa shape index (κ1) is 12.9. The third-order valence-electron chi connectivity index (χ3n) is 3.60. The fraction of sp³-hybridized carbons (Fsp3) is 0.500. The Bertz CT molecular complexity index is 455. The number of carboxylic acid groups (broad SMARTS) is 1. The van der Waals surface area contributed by atoms with Crippen molar-refractivity contribution in [3.8, 4) is 5.75 Å². The van der Waals surface area contributed by atoms with Gasteiger partial charge in [-0.05, 0) is 48.9 Å². The minimum atomic E-state index is -1.00. The number of ether oxygens (including phenoxy) is 1. The summed E-state index contributed by atoms with van der Waals surface area (Å²) in [6, 6.07) is 5.60. The van der Waals surface area contributed by atoms with Gasteiger partial charge in [-0.1, -0.05) is 6.07 Å². The van der Waals surface area contributed by atoms with E-state index < -0.39 is 11.6 Å². The van der Waals surface area contributed by atoms with E-state index in [-0.39, 0.29) is 12.8 Å². The van der Waals surface area contributed by atoms with E-state index in [1.165, 1.54) is 0 Å². The number of fused-ring (bicyclic) bond motifs is 1. The molecule has 2 rings (SSSR count). The van der Waals surface area contributed by atoms with Crippen LogP contribution in [0.25, 0.3) is 0 Å². The molecule has 1 aromatic carbocycles. The van der Waals surface area contributed by atoms with E-state index >= 15 is 0 Å². The average molecular weight is 250 g/mol. The predicted octanol–water partition coefficient (Wildman–Crippen LogP) is 2.08. The highest BCUT2D eigenvalue weighted by molar-refractivity contribution is 5.66. The number of carboxylic acids is 1. The van der Waals surface area contributed by atoms with Crippen molar-refractivity contribution < 1.29 is 19.7 Å². The standard InChI is InChI=1S/C14H18O4/c1-18-11-4-5-12-10(9-11)3-2-7-14(12,17)8-6-13(15)16/h4-5,9,17H,2-3,6-8H2,1H3,(H,15,16). The quantitative estimate of drug-likeness (QED) is 0.858. The minimum absolute atomic E-state index is 0.0119. The fourth-order valence-corrected chi connectivity index (χ4v) is 2.64. The fourth-order valence-electron chi connectivity index (χ4n) is 2.64. The van der Waals surface area contributed by atoms with Crippen LogP contribution in [0.15, 0.2) is 18.2 Å². The largest absolute Gasteiger partial charge is 0.497 e. The molecule has 0 radical (unpaired) electrons. The van der Waals surface area contributed by atoms with Crippen molar-refractivity contribution in [3.63, 3.8) is 0 Å². The number of benzene rings is 1. The molecule has 1 unspecified atom stereocenters. The first-order chi connectivity index (χ1) is 8.55. The minimum Gasteiger partial charge on any atom is -0.497 e. The lowest BCUT2D eigenvalue weighted by Crippen LogP contribution is -2.31. The number of hydrogen-bond donors (Lipinski definition) is 2. The third kappa shape index (κ3) is 2.48. The molecule has 0 aromatic heterocycles. The van der Waals surface area contributed by atoms with E-state index in [4.69, 9.17) is 9.84 Å². The van der Waals surface area contributed by atoms with Gasteiger partial charge in [0.1, 0.15) is 5.75 Å². The summed E-state index contributed by atoms with van der Waals surface area (Å²) in [7, 11) is 1.61. The van der Waals surface area contributed by atoms with Gasteiger partial charge in [0.25, 0.3) is 0 Å². The summed E-state index contributed by atoms with van der Waals surface area (Å²) in [4.78, 5) is 10.7. The van der Waals surface area contributed by atoms with Gasteiger partial charge in [-0.3, -0.25) is 4.79 Å². The Hall–Kier alpha value is -1.55. The van der Waals surface area contributed by atoms with E-state index in [0.29, 0.717) is 6.42 Å². The van der Waals surface area contributed by atoms with Crippen LogP contribution in [-0.4, -0.2) is 23.3 Å². The molecule has 0 aliphatic heterocycles. The zero-order valence-corrected chi connectivity index (χ0v) is 10.5. The molecule has 0 bridgehead atoms. The highest BCUT2D eigenvalue weighted by Gasteiger charge is 2.34. The first-order valence-electron chi connectivity index (χ1n) is 6.17. The summed E-state index contributed by atoms with van der Waals surface area (Å²) >= 11 is 0. The summed E-state index contributed by atoms with van der Waals surface area (Å²) in [5.74, 6) is -0.0969. The molecule has 98 valence electrons. The molecule has 0 fully saturated rings. The SMILES string of the molecule is COc1ccc2c(c1)CCCC2(O)CCC(=O)O. The number of aliphatic hydroxyl groups is 1. The van der Waals surface area contributed by atoms with Gasteiger partial charge in [0.2, 0.25) is 0 Å². The zero-order chi connectivity index (χ0) is 13.2. The van der Waals surface area contributed by atoms with Crippen molar-refractivity contribution in [3.05, 3.63) is 29.3 Å². The first-order valence-corrected chi connectivity index (χ1v) is 6.17. The van der Waals surface area contributed by atoms with Crippen LogP contribution in [0.4, 0.5) is 0 Å². The molecule has 4 heteroatoms. The maximum atomic E-state index is 10.7. The molecule has 0 spiro atoms. The number of aliphatic carboxylic acids is 1. The Morgan fingerprint density at radius 1 is 1.50 bits per heavy atom. The maximum absolute atomic E-state index is 10.7. The Morgan fingerprint density at radius 3 is 2.94 bits per heavy atom. The van der Waals surface area contributed by atoms with Crippen LogP contribution in [0.3, 0.4) is 0 Å². The van der Waals surface area contributed by atoms with Gasteiger partial charge in [0, 0.05) is 6.42 Å². The number of rotatable bonds is 4. The molecule has 0 amide bonds. The summed E-state index contributed by atoms with van der Waals surface area (Å²) in [6.07, 6.45) is 2.65. The second-order valence-electron chi connectivity index (χ2n) is 4.80. The molecule has 2 N–H and O–H groups in total. The number of methoxy groups -OCH3 is 1. The second kappa shape index (κ2) is 4.98. The van der Waals surface area contributed by atoms with Crippen molar-refractivity contribution in [1.29, 1.82) is 0 Å². The number of carbonyl (C=O) groups is 1. The molecule has 0 saturated heterocycles. The lowest BCUT2D eigenvalue weighted by Gasteiger charge is -2.34. The normalized spacial score (nSPS) is 22.3. The Kier molecular flexibility index (Phi) is 3.57. The van der Waals surface area contributed by atoms with Crippen LogP contribution in [0.5, 0.6) is 5.75 Å². The van der Waals surface area contributed by atoms with Crippen molar-refractivity contribution in [2.45, 2.75) is 37.7 Å². The smallest absolute Gasteiger partial charge is 0.303 e. The van der Waals surface area contributed by atoms with Gasteiger partial charge < -0.3 is 14.9 Å². The van der Waals surface area contributed by atoms with Gasteiger partial charge in [0.15, 0.2) is 0 Å². The van der Waals surface area contributed by atoms with Gasteiger partial charge in [-0.2, -0.15) is 0 Å². The number of hydrogen-bond acceptors (Lipinski definition) is 3. The van der Waals surface area contributed by atoms with Gasteiger partial charge in [0.05, 0.1) is 12.7 Å². The Morgan fingerprint density at radius 2 is 2.28 bits per heavy atom. The molecule has 0 saturated carbocycles. The average Bonchev–Trinajstić information content (AvgIpc) is 2.36. The van der Waals surface area contributed by atoms with E-state index in [2.05, 4.69) is 0 Å². The van der Waals surface area contributed by atoms with Crippen LogP contribution in [0, 0.1) is 0 Å². The molecule has 18 heavy (non-hydrogen) atoms. The van der Waals surface area contributed by atoms with Gasteiger partial charge in [-0.25, -0.2) is 0 Å². The van der Waals surface area contributed by atoms with Crippen molar-refractivity contribution in [2.75, 3.05) is 7.11 Å². The van der Waals surface area contributed by atoms with Crippen molar-refractivity contribution >= 4 is 5.97 Å². The van der Waals surface area contributed by atoms with E-state index in [0.717, 1.165) is 29.7 Å². The van der Waals surface area contributed by atoms with Crippen molar-refractivity contribution in [1.82, 2.24) is 0 Å². The molecule has 1 aromatic rings. The van der Waals surface area contributed by atoms with Crippen LogP contribution in [-0.2, 0) is 16.8 Å². The second-order valence-corrected chi connectivity index (χ2v) is 4.80. The highest BCUT2D eigenvalue weighted by Crippen LogP contribution is 2.39.